The van der Waals surface area contributed by atoms with Crippen LogP contribution >= 0.6 is 0 Å². The molecule has 108 valence electrons. The molecule has 1 N–H and O–H groups in total. The predicted molar refractivity (Wildman–Crippen MR) is 79.7 cm³/mol. The smallest absolute Gasteiger partial charge is 0.150 e. The molecule has 0 aliphatic heterocycles. The summed E-state index contributed by atoms with van der Waals surface area (Å²) in [5.74, 6) is 1.78. The normalized spacial score (nSPS) is 12.7. The summed E-state index contributed by atoms with van der Waals surface area (Å²) in [6.07, 6.45) is 1.10. The Labute approximate surface area is 120 Å². The van der Waals surface area contributed by atoms with Gasteiger partial charge in [0.2, 0.25) is 0 Å². The van der Waals surface area contributed by atoms with Crippen LogP contribution in [0.4, 0.5) is 0 Å². The van der Waals surface area contributed by atoms with E-state index in [9.17, 15) is 5.11 Å². The van der Waals surface area contributed by atoms with Crippen molar-refractivity contribution in [3.63, 3.8) is 0 Å². The highest BCUT2D eigenvalue weighted by Gasteiger charge is 2.14. The minimum Gasteiger partial charge on any atom is -0.386 e. The van der Waals surface area contributed by atoms with Gasteiger partial charge in [-0.25, -0.2) is 9.67 Å². The molecule has 0 bridgehead atoms. The lowest BCUT2D eigenvalue weighted by Gasteiger charge is -2.14. The largest absolute Gasteiger partial charge is 0.386 e. The van der Waals surface area contributed by atoms with E-state index in [0.29, 0.717) is 6.54 Å². The monoisotopic (exact) mass is 273 g/mol. The first-order valence-electron chi connectivity index (χ1n) is 7.23. The van der Waals surface area contributed by atoms with E-state index in [1.165, 1.54) is 11.1 Å². The summed E-state index contributed by atoms with van der Waals surface area (Å²) in [4.78, 5) is 4.47. The van der Waals surface area contributed by atoms with Gasteiger partial charge in [0, 0.05) is 12.8 Å². The fourth-order valence-corrected chi connectivity index (χ4v) is 2.22. The number of hydrogen-bond acceptors (Lipinski definition) is 3. The van der Waals surface area contributed by atoms with E-state index in [-0.39, 0.29) is 0 Å². The molecule has 0 spiro atoms. The van der Waals surface area contributed by atoms with E-state index in [2.05, 4.69) is 30.9 Å². The van der Waals surface area contributed by atoms with E-state index in [4.69, 9.17) is 0 Å². The minimum absolute atomic E-state index is 0.457. The van der Waals surface area contributed by atoms with Crippen molar-refractivity contribution >= 4 is 0 Å². The summed E-state index contributed by atoms with van der Waals surface area (Å²) in [5.41, 5.74) is 3.37. The zero-order valence-electron chi connectivity index (χ0n) is 12.7. The lowest BCUT2D eigenvalue weighted by Crippen LogP contribution is -2.13. The number of aryl methyl sites for hydroxylation is 4. The maximum absolute atomic E-state index is 10.4. The Morgan fingerprint density at radius 2 is 1.90 bits per heavy atom. The molecule has 0 saturated heterocycles. The van der Waals surface area contributed by atoms with Crippen molar-refractivity contribution in [2.45, 2.75) is 53.2 Å². The molecule has 0 aliphatic carbocycles. The summed E-state index contributed by atoms with van der Waals surface area (Å²) in [5, 5.41) is 14.9. The van der Waals surface area contributed by atoms with Crippen molar-refractivity contribution in [2.24, 2.45) is 0 Å². The van der Waals surface area contributed by atoms with Gasteiger partial charge in [-0.15, -0.1) is 0 Å². The second-order valence-electron chi connectivity index (χ2n) is 5.19. The molecule has 0 aliphatic rings. The summed E-state index contributed by atoms with van der Waals surface area (Å²) in [7, 11) is 0. The Morgan fingerprint density at radius 1 is 1.15 bits per heavy atom. The summed E-state index contributed by atoms with van der Waals surface area (Å²) >= 11 is 0. The molecule has 0 radical (unpaired) electrons. The number of rotatable bonds is 5. The Kier molecular flexibility index (Phi) is 4.55. The molecular formula is C16H23N3O. The van der Waals surface area contributed by atoms with Crippen LogP contribution in [0.3, 0.4) is 0 Å². The summed E-state index contributed by atoms with van der Waals surface area (Å²) < 4.78 is 1.83. The number of aromatic nitrogens is 3. The molecule has 0 fully saturated rings. The SMILES string of the molecule is CCc1nc(CC)n(CC(O)c2ccc(C)c(C)c2)n1. The third-order valence-corrected chi connectivity index (χ3v) is 3.69. The number of benzene rings is 1. The van der Waals surface area contributed by atoms with E-state index >= 15 is 0 Å². The Balaban J connectivity index is 2.20. The number of aliphatic hydroxyl groups is 1. The molecule has 4 heteroatoms. The van der Waals surface area contributed by atoms with E-state index in [0.717, 1.165) is 30.1 Å². The predicted octanol–water partition coefficient (Wildman–Crippen LogP) is 2.75. The van der Waals surface area contributed by atoms with Crippen LogP contribution in [0.5, 0.6) is 0 Å². The molecule has 1 aromatic carbocycles. The van der Waals surface area contributed by atoms with Gasteiger partial charge in [0.1, 0.15) is 5.82 Å². The van der Waals surface area contributed by atoms with E-state index < -0.39 is 6.10 Å². The minimum atomic E-state index is -0.550. The van der Waals surface area contributed by atoms with Crippen LogP contribution in [0, 0.1) is 13.8 Å². The molecule has 4 nitrogen and oxygen atoms in total. The quantitative estimate of drug-likeness (QED) is 0.911. The van der Waals surface area contributed by atoms with Crippen LogP contribution in [-0.4, -0.2) is 19.9 Å². The lowest BCUT2D eigenvalue weighted by atomic mass is 10.0. The maximum atomic E-state index is 10.4. The maximum Gasteiger partial charge on any atom is 0.150 e. The highest BCUT2D eigenvalue weighted by molar-refractivity contribution is 5.31. The molecular weight excluding hydrogens is 250 g/mol. The molecule has 0 amide bonds. The van der Waals surface area contributed by atoms with Crippen molar-refractivity contribution in [1.82, 2.24) is 14.8 Å². The molecule has 1 atom stereocenters. The van der Waals surface area contributed by atoms with Crippen LogP contribution in [-0.2, 0) is 19.4 Å². The average molecular weight is 273 g/mol. The average Bonchev–Trinajstić information content (AvgIpc) is 2.84. The molecule has 20 heavy (non-hydrogen) atoms. The lowest BCUT2D eigenvalue weighted by molar-refractivity contribution is 0.150. The van der Waals surface area contributed by atoms with Crippen molar-refractivity contribution in [3.05, 3.63) is 46.5 Å². The Hall–Kier alpha value is -1.68. The highest BCUT2D eigenvalue weighted by Crippen LogP contribution is 2.19. The van der Waals surface area contributed by atoms with Crippen LogP contribution in [0.15, 0.2) is 18.2 Å². The Bertz CT molecular complexity index is 589. The second kappa shape index (κ2) is 6.18. The van der Waals surface area contributed by atoms with Gasteiger partial charge in [-0.3, -0.25) is 0 Å². The third-order valence-electron chi connectivity index (χ3n) is 3.69. The first kappa shape index (κ1) is 14.7. The van der Waals surface area contributed by atoms with Gasteiger partial charge in [0.05, 0.1) is 12.6 Å². The van der Waals surface area contributed by atoms with Gasteiger partial charge < -0.3 is 5.11 Å². The fourth-order valence-electron chi connectivity index (χ4n) is 2.22. The molecule has 0 saturated carbocycles. The topological polar surface area (TPSA) is 50.9 Å². The molecule has 2 rings (SSSR count). The van der Waals surface area contributed by atoms with Gasteiger partial charge in [0.25, 0.3) is 0 Å². The van der Waals surface area contributed by atoms with Gasteiger partial charge in [0.15, 0.2) is 5.82 Å². The van der Waals surface area contributed by atoms with Crippen LogP contribution < -0.4 is 0 Å². The zero-order chi connectivity index (χ0) is 14.7. The molecule has 1 unspecified atom stereocenters. The van der Waals surface area contributed by atoms with Crippen molar-refractivity contribution in [2.75, 3.05) is 0 Å². The van der Waals surface area contributed by atoms with Gasteiger partial charge in [-0.05, 0) is 30.5 Å². The van der Waals surface area contributed by atoms with Crippen LogP contribution in [0.25, 0.3) is 0 Å². The third kappa shape index (κ3) is 3.07. The number of aliphatic hydroxyl groups excluding tert-OH is 1. The second-order valence-corrected chi connectivity index (χ2v) is 5.19. The highest BCUT2D eigenvalue weighted by atomic mass is 16.3. The van der Waals surface area contributed by atoms with E-state index in [1.54, 1.807) is 0 Å². The summed E-state index contributed by atoms with van der Waals surface area (Å²) in [6, 6.07) is 6.08. The first-order chi connectivity index (χ1) is 9.55. The van der Waals surface area contributed by atoms with Crippen LogP contribution in [0.1, 0.15) is 48.3 Å². The van der Waals surface area contributed by atoms with E-state index in [1.807, 2.05) is 29.8 Å². The number of nitrogens with zero attached hydrogens (tertiary/aromatic N) is 3. The standard InChI is InChI=1S/C16H23N3O/c1-5-15-17-16(6-2)19(18-15)10-14(20)13-8-7-11(3)12(4)9-13/h7-9,14,20H,5-6,10H2,1-4H3. The fraction of sp³-hybridized carbons (Fsp3) is 0.500. The molecule has 1 aromatic heterocycles. The Morgan fingerprint density at radius 3 is 2.50 bits per heavy atom. The molecule has 1 heterocycles. The number of hydrogen-bond donors (Lipinski definition) is 1. The van der Waals surface area contributed by atoms with Crippen molar-refractivity contribution in [3.8, 4) is 0 Å². The van der Waals surface area contributed by atoms with Gasteiger partial charge >= 0.3 is 0 Å². The van der Waals surface area contributed by atoms with Crippen molar-refractivity contribution < 1.29 is 5.11 Å². The summed E-state index contributed by atoms with van der Waals surface area (Å²) in [6.45, 7) is 8.69. The molecule has 2 aromatic rings. The zero-order valence-corrected chi connectivity index (χ0v) is 12.7. The van der Waals surface area contributed by atoms with Gasteiger partial charge in [-0.1, -0.05) is 32.0 Å². The van der Waals surface area contributed by atoms with Gasteiger partial charge in [-0.2, -0.15) is 5.10 Å². The first-order valence-corrected chi connectivity index (χ1v) is 7.23. The van der Waals surface area contributed by atoms with Crippen LogP contribution in [0.2, 0.25) is 0 Å². The van der Waals surface area contributed by atoms with Crippen molar-refractivity contribution in [1.29, 1.82) is 0 Å².